The minimum absolute atomic E-state index is 0.106. The monoisotopic (exact) mass is 489 g/mol. The highest BCUT2D eigenvalue weighted by atomic mass is 35.5. The molecule has 0 saturated heterocycles. The van der Waals surface area contributed by atoms with Gasteiger partial charge in [-0.1, -0.05) is 41.9 Å². The Morgan fingerprint density at radius 3 is 2.60 bits per heavy atom. The van der Waals surface area contributed by atoms with Crippen LogP contribution in [0, 0.1) is 5.92 Å². The number of hydrogen-bond donors (Lipinski definition) is 2. The lowest BCUT2D eigenvalue weighted by molar-refractivity contribution is 0.281. The molecule has 2 aromatic heterocycles. The smallest absolute Gasteiger partial charge is 0.137 e. The zero-order valence-corrected chi connectivity index (χ0v) is 20.8. The molecule has 2 N–H and O–H groups in total. The number of hydrogen-bond acceptors (Lipinski definition) is 4. The molecular formula is C29H32ClN3O2. The van der Waals surface area contributed by atoms with Gasteiger partial charge in [-0.25, -0.2) is 4.98 Å². The van der Waals surface area contributed by atoms with Gasteiger partial charge in [-0.15, -0.1) is 0 Å². The van der Waals surface area contributed by atoms with E-state index in [9.17, 15) is 5.11 Å². The fourth-order valence-electron chi connectivity index (χ4n) is 5.16. The minimum atomic E-state index is -0.106. The van der Waals surface area contributed by atoms with E-state index in [-0.39, 0.29) is 6.61 Å². The van der Waals surface area contributed by atoms with Crippen LogP contribution in [0.1, 0.15) is 42.4 Å². The number of aliphatic hydroxyl groups is 1. The summed E-state index contributed by atoms with van der Waals surface area (Å²) in [5.41, 5.74) is 5.94. The Balaban J connectivity index is 1.23. The lowest BCUT2D eigenvalue weighted by Crippen LogP contribution is -2.33. The van der Waals surface area contributed by atoms with Crippen LogP contribution in [0.3, 0.4) is 0 Å². The molecule has 4 aromatic rings. The van der Waals surface area contributed by atoms with E-state index in [0.717, 1.165) is 35.4 Å². The Kier molecular flexibility index (Phi) is 7.37. The van der Waals surface area contributed by atoms with Crippen molar-refractivity contribution in [2.24, 2.45) is 5.92 Å². The van der Waals surface area contributed by atoms with E-state index < -0.39 is 0 Å². The van der Waals surface area contributed by atoms with E-state index in [0.29, 0.717) is 22.7 Å². The van der Waals surface area contributed by atoms with Crippen molar-refractivity contribution >= 4 is 17.2 Å². The van der Waals surface area contributed by atoms with Gasteiger partial charge in [-0.3, -0.25) is 0 Å². The summed E-state index contributed by atoms with van der Waals surface area (Å²) in [5, 5.41) is 14.1. The SMILES string of the molecule is COc1cc(CO)c(-c2cn3ccc(CC4CCC(NCc5ccccc5)CC4)cc3n2)cc1Cl. The number of halogens is 1. The molecule has 1 saturated carbocycles. The van der Waals surface area contributed by atoms with E-state index in [4.69, 9.17) is 21.3 Å². The van der Waals surface area contributed by atoms with Crippen LogP contribution < -0.4 is 10.1 Å². The highest BCUT2D eigenvalue weighted by Crippen LogP contribution is 2.34. The van der Waals surface area contributed by atoms with Crippen LogP contribution in [0.25, 0.3) is 16.9 Å². The maximum absolute atomic E-state index is 9.86. The number of nitrogens with zero attached hydrogens (tertiary/aromatic N) is 2. The molecule has 1 aliphatic rings. The van der Waals surface area contributed by atoms with Gasteiger partial charge in [0.2, 0.25) is 0 Å². The van der Waals surface area contributed by atoms with Crippen LogP contribution in [0.2, 0.25) is 5.02 Å². The van der Waals surface area contributed by atoms with Crippen LogP contribution in [0.5, 0.6) is 5.75 Å². The molecule has 0 amide bonds. The molecule has 1 fully saturated rings. The first-order valence-electron chi connectivity index (χ1n) is 12.4. The van der Waals surface area contributed by atoms with Crippen molar-refractivity contribution in [3.63, 3.8) is 0 Å². The van der Waals surface area contributed by atoms with Crippen LogP contribution in [0.15, 0.2) is 67.0 Å². The van der Waals surface area contributed by atoms with Crippen molar-refractivity contribution < 1.29 is 9.84 Å². The molecular weight excluding hydrogens is 458 g/mol. The Morgan fingerprint density at radius 2 is 1.86 bits per heavy atom. The van der Waals surface area contributed by atoms with E-state index in [1.165, 1.54) is 36.8 Å². The average Bonchev–Trinajstić information content (AvgIpc) is 3.32. The summed E-state index contributed by atoms with van der Waals surface area (Å²) in [6.45, 7) is 0.845. The van der Waals surface area contributed by atoms with Crippen molar-refractivity contribution in [2.75, 3.05) is 7.11 Å². The minimum Gasteiger partial charge on any atom is -0.495 e. The summed E-state index contributed by atoms with van der Waals surface area (Å²) >= 11 is 6.36. The van der Waals surface area contributed by atoms with Crippen LogP contribution in [-0.2, 0) is 19.6 Å². The third-order valence-corrected chi connectivity index (χ3v) is 7.45. The molecule has 0 unspecified atom stereocenters. The Bertz CT molecular complexity index is 1280. The van der Waals surface area contributed by atoms with E-state index in [1.54, 1.807) is 13.2 Å². The summed E-state index contributed by atoms with van der Waals surface area (Å²) in [5.74, 6) is 1.26. The van der Waals surface area contributed by atoms with Gasteiger partial charge in [0.05, 0.1) is 24.4 Å². The summed E-state index contributed by atoms with van der Waals surface area (Å²) in [6.07, 6.45) is 10.1. The number of nitrogens with one attached hydrogen (secondary N) is 1. The van der Waals surface area contributed by atoms with Gasteiger partial charge in [0.25, 0.3) is 0 Å². The van der Waals surface area contributed by atoms with Crippen molar-refractivity contribution in [3.8, 4) is 17.0 Å². The van der Waals surface area contributed by atoms with E-state index in [2.05, 4.69) is 54.0 Å². The first-order chi connectivity index (χ1) is 17.1. The first kappa shape index (κ1) is 23.9. The van der Waals surface area contributed by atoms with Crippen molar-refractivity contribution in [3.05, 3.63) is 88.7 Å². The van der Waals surface area contributed by atoms with Gasteiger partial charge in [-0.05, 0) is 79.0 Å². The molecule has 1 aliphatic carbocycles. The fraction of sp³-hybridized carbons (Fsp3) is 0.345. The second kappa shape index (κ2) is 10.8. The highest BCUT2D eigenvalue weighted by molar-refractivity contribution is 6.32. The number of benzene rings is 2. The molecule has 5 nitrogen and oxygen atoms in total. The fourth-order valence-corrected chi connectivity index (χ4v) is 5.40. The number of fused-ring (bicyclic) bond motifs is 1. The van der Waals surface area contributed by atoms with Gasteiger partial charge < -0.3 is 19.6 Å². The molecule has 0 aliphatic heterocycles. The third-order valence-electron chi connectivity index (χ3n) is 7.16. The lowest BCUT2D eigenvalue weighted by atomic mass is 9.82. The van der Waals surface area contributed by atoms with Crippen LogP contribution in [-0.4, -0.2) is 27.6 Å². The van der Waals surface area contributed by atoms with Crippen molar-refractivity contribution in [1.29, 1.82) is 0 Å². The lowest BCUT2D eigenvalue weighted by Gasteiger charge is -2.29. The Labute approximate surface area is 211 Å². The zero-order valence-electron chi connectivity index (χ0n) is 20.1. The largest absolute Gasteiger partial charge is 0.495 e. The summed E-state index contributed by atoms with van der Waals surface area (Å²) in [4.78, 5) is 4.85. The predicted molar refractivity (Wildman–Crippen MR) is 141 cm³/mol. The summed E-state index contributed by atoms with van der Waals surface area (Å²) in [7, 11) is 1.57. The maximum atomic E-state index is 9.86. The normalized spacial score (nSPS) is 18.1. The molecule has 182 valence electrons. The molecule has 6 heteroatoms. The number of aromatic nitrogens is 2. The van der Waals surface area contributed by atoms with E-state index >= 15 is 0 Å². The standard InChI is InChI=1S/C29H32ClN3O2/c1-35-28-15-23(19-34)25(16-26(28)30)27-18-33-12-11-22(14-29(33)32-27)13-20-7-9-24(10-8-20)31-17-21-5-3-2-4-6-21/h2-6,11-12,14-16,18,20,24,31,34H,7-10,13,17,19H2,1H3. The Morgan fingerprint density at radius 1 is 1.06 bits per heavy atom. The second-order valence-electron chi connectivity index (χ2n) is 9.52. The van der Waals surface area contributed by atoms with Gasteiger partial charge in [-0.2, -0.15) is 0 Å². The number of methoxy groups -OCH3 is 1. The second-order valence-corrected chi connectivity index (χ2v) is 9.92. The number of imidazole rings is 1. The molecule has 0 spiro atoms. The average molecular weight is 490 g/mol. The molecule has 0 radical (unpaired) electrons. The van der Waals surface area contributed by atoms with Gasteiger partial charge in [0.1, 0.15) is 11.4 Å². The molecule has 0 bridgehead atoms. The molecule has 5 rings (SSSR count). The van der Waals surface area contributed by atoms with Crippen LogP contribution >= 0.6 is 11.6 Å². The zero-order chi connectivity index (χ0) is 24.2. The van der Waals surface area contributed by atoms with E-state index in [1.807, 2.05) is 16.7 Å². The molecule has 35 heavy (non-hydrogen) atoms. The Hall–Kier alpha value is -2.86. The number of aliphatic hydroxyl groups excluding tert-OH is 1. The molecule has 2 aromatic carbocycles. The van der Waals surface area contributed by atoms with Crippen molar-refractivity contribution in [1.82, 2.24) is 14.7 Å². The molecule has 2 heterocycles. The van der Waals surface area contributed by atoms with Crippen molar-refractivity contribution in [2.45, 2.75) is 51.3 Å². The number of pyridine rings is 1. The van der Waals surface area contributed by atoms with Gasteiger partial charge >= 0.3 is 0 Å². The third kappa shape index (κ3) is 5.53. The topological polar surface area (TPSA) is 58.8 Å². The number of rotatable bonds is 8. The number of ether oxygens (including phenoxy) is 1. The van der Waals surface area contributed by atoms with Gasteiger partial charge in [0.15, 0.2) is 0 Å². The maximum Gasteiger partial charge on any atom is 0.137 e. The predicted octanol–water partition coefficient (Wildman–Crippen LogP) is 6.05. The van der Waals surface area contributed by atoms with Crippen LogP contribution in [0.4, 0.5) is 0 Å². The summed E-state index contributed by atoms with van der Waals surface area (Å²) < 4.78 is 7.32. The quantitative estimate of drug-likeness (QED) is 0.316. The highest BCUT2D eigenvalue weighted by Gasteiger charge is 2.21. The summed E-state index contributed by atoms with van der Waals surface area (Å²) in [6, 6.07) is 19.2. The molecule has 0 atom stereocenters. The first-order valence-corrected chi connectivity index (χ1v) is 12.7. The van der Waals surface area contributed by atoms with Gasteiger partial charge in [0, 0.05) is 30.5 Å².